The summed E-state index contributed by atoms with van der Waals surface area (Å²) >= 11 is 0. The highest BCUT2D eigenvalue weighted by Gasteiger charge is 2.21. The highest BCUT2D eigenvalue weighted by atomic mass is 16.4. The molecule has 4 rings (SSSR count). The molecule has 142 valence electrons. The van der Waals surface area contributed by atoms with Gasteiger partial charge in [0.25, 0.3) is 0 Å². The summed E-state index contributed by atoms with van der Waals surface area (Å²) in [6, 6.07) is 8.02. The Bertz CT molecular complexity index is 1060. The Labute approximate surface area is 161 Å². The van der Waals surface area contributed by atoms with Crippen molar-refractivity contribution in [2.45, 2.75) is 26.3 Å². The number of hydrogen-bond donors (Lipinski definition) is 1. The van der Waals surface area contributed by atoms with E-state index in [1.807, 2.05) is 18.2 Å². The van der Waals surface area contributed by atoms with Crippen LogP contribution in [-0.4, -0.2) is 34.0 Å². The van der Waals surface area contributed by atoms with Gasteiger partial charge in [-0.1, -0.05) is 6.07 Å². The molecule has 0 aliphatic carbocycles. The van der Waals surface area contributed by atoms with Crippen LogP contribution in [0.5, 0.6) is 0 Å². The van der Waals surface area contributed by atoms with E-state index in [0.29, 0.717) is 18.9 Å². The van der Waals surface area contributed by atoms with Crippen molar-refractivity contribution in [3.8, 4) is 11.1 Å². The minimum absolute atomic E-state index is 0.0602. The van der Waals surface area contributed by atoms with Crippen LogP contribution in [0.3, 0.4) is 0 Å². The van der Waals surface area contributed by atoms with Crippen molar-refractivity contribution in [3.05, 3.63) is 59.6 Å². The first-order valence-electron chi connectivity index (χ1n) is 8.93. The number of nitrogens with zero attached hydrogens (tertiary/aromatic N) is 4. The van der Waals surface area contributed by atoms with Crippen LogP contribution in [0.2, 0.25) is 0 Å². The fraction of sp³-hybridized carbons (Fsp3) is 0.250. The molecule has 1 aliphatic heterocycles. The van der Waals surface area contributed by atoms with Gasteiger partial charge < -0.3 is 14.6 Å². The zero-order valence-corrected chi connectivity index (χ0v) is 15.6. The lowest BCUT2D eigenvalue weighted by Crippen LogP contribution is -2.30. The van der Waals surface area contributed by atoms with E-state index in [-0.39, 0.29) is 11.8 Å². The number of amides is 2. The fourth-order valence-electron chi connectivity index (χ4n) is 3.22. The minimum Gasteiger partial charge on any atom is -0.417 e. The Morgan fingerprint density at radius 3 is 2.82 bits per heavy atom. The second-order valence-corrected chi connectivity index (χ2v) is 6.69. The number of anilines is 1. The molecule has 0 radical (unpaired) electrons. The molecule has 0 fully saturated rings. The van der Waals surface area contributed by atoms with Crippen LogP contribution in [0.1, 0.15) is 34.1 Å². The molecule has 0 bridgehead atoms. The lowest BCUT2D eigenvalue weighted by atomic mass is 9.96. The van der Waals surface area contributed by atoms with Gasteiger partial charge in [-0.15, -0.1) is 10.2 Å². The summed E-state index contributed by atoms with van der Waals surface area (Å²) in [5.74, 6) is -0.00730. The van der Waals surface area contributed by atoms with Crippen molar-refractivity contribution in [2.75, 3.05) is 11.9 Å². The lowest BCUT2D eigenvalue weighted by Gasteiger charge is -2.26. The average Bonchev–Trinajstić information content (AvgIpc) is 3.15. The summed E-state index contributed by atoms with van der Waals surface area (Å²) in [5.41, 5.74) is 4.92. The Morgan fingerprint density at radius 1 is 1.18 bits per heavy atom. The smallest absolute Gasteiger partial charge is 0.309 e. The van der Waals surface area contributed by atoms with Gasteiger partial charge in [0.15, 0.2) is 0 Å². The van der Waals surface area contributed by atoms with Gasteiger partial charge in [0.1, 0.15) is 0 Å². The molecule has 2 aromatic heterocycles. The van der Waals surface area contributed by atoms with Crippen LogP contribution in [0.15, 0.2) is 41.1 Å². The number of rotatable bonds is 4. The number of nitrogens with one attached hydrogen (secondary N) is 1. The SMILES string of the molecule is Cc1nnc(C(=O)NCc2cncc(-c3ccc4c(c3)CCC(=O)N4C)c2)o1. The summed E-state index contributed by atoms with van der Waals surface area (Å²) in [4.78, 5) is 29.9. The molecule has 3 aromatic rings. The summed E-state index contributed by atoms with van der Waals surface area (Å²) in [7, 11) is 1.80. The molecule has 1 aliphatic rings. The third-order valence-corrected chi connectivity index (χ3v) is 4.72. The summed E-state index contributed by atoms with van der Waals surface area (Å²) in [5, 5.41) is 10.1. The molecular weight excluding hydrogens is 358 g/mol. The van der Waals surface area contributed by atoms with Crippen LogP contribution < -0.4 is 10.2 Å². The van der Waals surface area contributed by atoms with E-state index in [9.17, 15) is 9.59 Å². The van der Waals surface area contributed by atoms with Crippen LogP contribution in [0.4, 0.5) is 5.69 Å². The highest BCUT2D eigenvalue weighted by molar-refractivity contribution is 5.96. The van der Waals surface area contributed by atoms with Gasteiger partial charge in [-0.05, 0) is 41.3 Å². The Morgan fingerprint density at radius 2 is 2.04 bits per heavy atom. The van der Waals surface area contributed by atoms with Gasteiger partial charge in [0.2, 0.25) is 11.8 Å². The maximum atomic E-state index is 12.0. The molecule has 0 atom stereocenters. The monoisotopic (exact) mass is 377 g/mol. The number of hydrogen-bond acceptors (Lipinski definition) is 6. The van der Waals surface area contributed by atoms with Gasteiger partial charge in [-0.3, -0.25) is 14.6 Å². The van der Waals surface area contributed by atoms with E-state index in [1.165, 1.54) is 0 Å². The molecule has 2 amide bonds. The zero-order chi connectivity index (χ0) is 19.7. The Kier molecular flexibility index (Phi) is 4.60. The van der Waals surface area contributed by atoms with Crippen molar-refractivity contribution in [3.63, 3.8) is 0 Å². The first kappa shape index (κ1) is 17.8. The number of benzene rings is 1. The number of carbonyl (C=O) groups is 2. The third-order valence-electron chi connectivity index (χ3n) is 4.72. The molecule has 0 unspecified atom stereocenters. The number of carbonyl (C=O) groups excluding carboxylic acids is 2. The Balaban J connectivity index is 1.51. The van der Waals surface area contributed by atoms with Gasteiger partial charge in [0, 0.05) is 50.6 Å². The van der Waals surface area contributed by atoms with Crippen molar-refractivity contribution >= 4 is 17.5 Å². The minimum atomic E-state index is -0.424. The topological polar surface area (TPSA) is 101 Å². The number of pyridine rings is 1. The molecule has 1 N–H and O–H groups in total. The van der Waals surface area contributed by atoms with E-state index in [1.54, 1.807) is 31.3 Å². The first-order chi connectivity index (χ1) is 13.5. The van der Waals surface area contributed by atoms with Crippen molar-refractivity contribution in [2.24, 2.45) is 0 Å². The lowest BCUT2D eigenvalue weighted by molar-refractivity contribution is -0.118. The van der Waals surface area contributed by atoms with Crippen molar-refractivity contribution in [1.29, 1.82) is 0 Å². The highest BCUT2D eigenvalue weighted by Crippen LogP contribution is 2.31. The maximum Gasteiger partial charge on any atom is 0.309 e. The second-order valence-electron chi connectivity index (χ2n) is 6.69. The van der Waals surface area contributed by atoms with Crippen molar-refractivity contribution in [1.82, 2.24) is 20.5 Å². The molecule has 0 saturated heterocycles. The first-order valence-corrected chi connectivity index (χ1v) is 8.93. The third kappa shape index (κ3) is 3.48. The standard InChI is InChI=1S/C20H19N5O3/c1-12-23-24-20(28-12)19(27)22-10-13-7-16(11-21-9-13)14-3-5-17-15(8-14)4-6-18(26)25(17)2/h3,5,7-9,11H,4,6,10H2,1-2H3,(H,22,27). The van der Waals surface area contributed by atoms with Crippen LogP contribution in [0.25, 0.3) is 11.1 Å². The normalized spacial score (nSPS) is 13.4. The molecule has 1 aromatic carbocycles. The number of fused-ring (bicyclic) bond motifs is 1. The summed E-state index contributed by atoms with van der Waals surface area (Å²) in [6.45, 7) is 1.92. The molecule has 8 nitrogen and oxygen atoms in total. The predicted molar refractivity (Wildman–Crippen MR) is 102 cm³/mol. The molecule has 28 heavy (non-hydrogen) atoms. The second kappa shape index (κ2) is 7.22. The molecule has 8 heteroatoms. The summed E-state index contributed by atoms with van der Waals surface area (Å²) < 4.78 is 5.12. The van der Waals surface area contributed by atoms with Gasteiger partial charge in [0.05, 0.1) is 0 Å². The van der Waals surface area contributed by atoms with Gasteiger partial charge in [-0.25, -0.2) is 0 Å². The van der Waals surface area contributed by atoms with Gasteiger partial charge in [-0.2, -0.15) is 0 Å². The number of aryl methyl sites for hydroxylation is 2. The Hall–Kier alpha value is -3.55. The zero-order valence-electron chi connectivity index (χ0n) is 15.6. The van der Waals surface area contributed by atoms with E-state index < -0.39 is 5.91 Å². The van der Waals surface area contributed by atoms with E-state index in [4.69, 9.17) is 4.42 Å². The molecule has 0 saturated carbocycles. The van der Waals surface area contributed by atoms with Crippen molar-refractivity contribution < 1.29 is 14.0 Å². The molecule has 3 heterocycles. The largest absolute Gasteiger partial charge is 0.417 e. The van der Waals surface area contributed by atoms with E-state index in [0.717, 1.165) is 34.4 Å². The van der Waals surface area contributed by atoms with Crippen LogP contribution >= 0.6 is 0 Å². The molecular formula is C20H19N5O3. The van der Waals surface area contributed by atoms with Gasteiger partial charge >= 0.3 is 11.8 Å². The molecule has 0 spiro atoms. The van der Waals surface area contributed by atoms with E-state index in [2.05, 4.69) is 26.6 Å². The van der Waals surface area contributed by atoms with Crippen LogP contribution in [-0.2, 0) is 17.8 Å². The maximum absolute atomic E-state index is 12.0. The fourth-order valence-corrected chi connectivity index (χ4v) is 3.22. The average molecular weight is 377 g/mol. The number of aromatic nitrogens is 3. The summed E-state index contributed by atoms with van der Waals surface area (Å²) in [6.07, 6.45) is 4.74. The van der Waals surface area contributed by atoms with E-state index >= 15 is 0 Å². The quantitative estimate of drug-likeness (QED) is 0.748. The predicted octanol–water partition coefficient (Wildman–Crippen LogP) is 2.28. The van der Waals surface area contributed by atoms with Crippen LogP contribution in [0, 0.1) is 6.92 Å².